The molecule has 0 radical (unpaired) electrons. The van der Waals surface area contributed by atoms with Crippen LogP contribution < -0.4 is 5.73 Å². The largest absolute Gasteiger partial charge is 0.395 e. The van der Waals surface area contributed by atoms with E-state index in [1.54, 1.807) is 0 Å². The molecular formula is C11H21NO2S. The topological polar surface area (TPSA) is 55.5 Å². The van der Waals surface area contributed by atoms with Crippen molar-refractivity contribution in [3.63, 3.8) is 0 Å². The van der Waals surface area contributed by atoms with E-state index in [1.165, 1.54) is 12.8 Å². The molecule has 1 aliphatic heterocycles. The first-order valence-electron chi connectivity index (χ1n) is 5.86. The lowest BCUT2D eigenvalue weighted by Gasteiger charge is -2.25. The number of ether oxygens (including phenoxy) is 1. The van der Waals surface area contributed by atoms with E-state index >= 15 is 0 Å². The van der Waals surface area contributed by atoms with Crippen molar-refractivity contribution in [1.82, 2.24) is 0 Å². The fraction of sp³-hybridized carbons (Fsp3) is 1.00. The van der Waals surface area contributed by atoms with Gasteiger partial charge in [0.2, 0.25) is 0 Å². The quantitative estimate of drug-likeness (QED) is 0.741. The van der Waals surface area contributed by atoms with E-state index in [-0.39, 0.29) is 17.9 Å². The van der Waals surface area contributed by atoms with Crippen molar-refractivity contribution in [3.8, 4) is 0 Å². The van der Waals surface area contributed by atoms with E-state index in [0.717, 1.165) is 13.0 Å². The van der Waals surface area contributed by atoms with E-state index < -0.39 is 0 Å². The average molecular weight is 231 g/mol. The van der Waals surface area contributed by atoms with Gasteiger partial charge in [-0.25, -0.2) is 0 Å². The summed E-state index contributed by atoms with van der Waals surface area (Å²) in [5, 5.41) is 10.1. The zero-order valence-electron chi connectivity index (χ0n) is 9.26. The van der Waals surface area contributed by atoms with Gasteiger partial charge in [0.1, 0.15) is 0 Å². The Morgan fingerprint density at radius 1 is 1.47 bits per heavy atom. The zero-order chi connectivity index (χ0) is 10.8. The van der Waals surface area contributed by atoms with Gasteiger partial charge in [0, 0.05) is 23.1 Å². The third-order valence-electron chi connectivity index (χ3n) is 3.43. The molecule has 1 aliphatic carbocycles. The second kappa shape index (κ2) is 5.04. The standard InChI is InChI=1S/C11H21NO2S/c1-7-9(4-5-14-7)15-10(6-13)11(12)8-2-3-8/h7-11,13H,2-6,12H2,1H3. The Morgan fingerprint density at radius 3 is 2.67 bits per heavy atom. The molecule has 88 valence electrons. The summed E-state index contributed by atoms with van der Waals surface area (Å²) >= 11 is 1.84. The Bertz CT molecular complexity index is 211. The average Bonchev–Trinajstić information content (AvgIpc) is 3.00. The first-order chi connectivity index (χ1) is 7.22. The van der Waals surface area contributed by atoms with E-state index in [0.29, 0.717) is 17.3 Å². The second-order valence-electron chi connectivity index (χ2n) is 4.67. The molecule has 4 heteroatoms. The van der Waals surface area contributed by atoms with Crippen LogP contribution in [0.3, 0.4) is 0 Å². The second-order valence-corrected chi connectivity index (χ2v) is 6.16. The molecule has 3 nitrogen and oxygen atoms in total. The lowest BCUT2D eigenvalue weighted by atomic mass is 10.1. The fourth-order valence-corrected chi connectivity index (χ4v) is 3.63. The van der Waals surface area contributed by atoms with E-state index in [9.17, 15) is 5.11 Å². The molecule has 15 heavy (non-hydrogen) atoms. The molecule has 0 spiro atoms. The van der Waals surface area contributed by atoms with Crippen LogP contribution in [0.15, 0.2) is 0 Å². The minimum atomic E-state index is 0.174. The van der Waals surface area contributed by atoms with Gasteiger partial charge in [0.25, 0.3) is 0 Å². The van der Waals surface area contributed by atoms with Crippen LogP contribution in [0.1, 0.15) is 26.2 Å². The predicted molar refractivity (Wildman–Crippen MR) is 63.0 cm³/mol. The van der Waals surface area contributed by atoms with Crippen LogP contribution in [-0.4, -0.2) is 41.0 Å². The molecule has 1 saturated heterocycles. The van der Waals surface area contributed by atoms with Crippen molar-refractivity contribution < 1.29 is 9.84 Å². The van der Waals surface area contributed by atoms with E-state index in [1.807, 2.05) is 11.8 Å². The van der Waals surface area contributed by atoms with Crippen molar-refractivity contribution in [2.75, 3.05) is 13.2 Å². The van der Waals surface area contributed by atoms with Crippen molar-refractivity contribution >= 4 is 11.8 Å². The number of aliphatic hydroxyl groups is 1. The van der Waals surface area contributed by atoms with Gasteiger partial charge in [-0.05, 0) is 32.1 Å². The molecule has 1 saturated carbocycles. The Labute approximate surface area is 95.7 Å². The lowest BCUT2D eigenvalue weighted by Crippen LogP contribution is -2.38. The summed E-state index contributed by atoms with van der Waals surface area (Å²) in [6, 6.07) is 0.174. The van der Waals surface area contributed by atoms with Crippen LogP contribution in [0.25, 0.3) is 0 Å². The molecule has 0 bridgehead atoms. The third kappa shape index (κ3) is 2.87. The first kappa shape index (κ1) is 11.7. The third-order valence-corrected chi connectivity index (χ3v) is 5.21. The summed E-state index contributed by atoms with van der Waals surface area (Å²) in [5.74, 6) is 0.660. The van der Waals surface area contributed by atoms with Crippen LogP contribution >= 0.6 is 11.8 Å². The highest BCUT2D eigenvalue weighted by Gasteiger charge is 2.36. The van der Waals surface area contributed by atoms with Crippen LogP contribution in [0.5, 0.6) is 0 Å². The molecule has 2 aliphatic rings. The van der Waals surface area contributed by atoms with Crippen molar-refractivity contribution in [1.29, 1.82) is 0 Å². The molecule has 0 aromatic heterocycles. The number of rotatable bonds is 5. The smallest absolute Gasteiger partial charge is 0.0666 e. The van der Waals surface area contributed by atoms with E-state index in [4.69, 9.17) is 10.5 Å². The number of hydrogen-bond donors (Lipinski definition) is 2. The summed E-state index contributed by atoms with van der Waals surface area (Å²) in [5.41, 5.74) is 6.14. The Kier molecular flexibility index (Phi) is 3.93. The molecule has 1 heterocycles. The van der Waals surface area contributed by atoms with E-state index in [2.05, 4.69) is 6.92 Å². The Morgan fingerprint density at radius 2 is 2.20 bits per heavy atom. The van der Waals surface area contributed by atoms with Gasteiger partial charge in [0.05, 0.1) is 12.7 Å². The molecule has 0 amide bonds. The van der Waals surface area contributed by atoms with Gasteiger partial charge in [-0.1, -0.05) is 0 Å². The van der Waals surface area contributed by atoms with Crippen LogP contribution in [0.2, 0.25) is 0 Å². The number of nitrogens with two attached hydrogens (primary N) is 1. The van der Waals surface area contributed by atoms with Crippen LogP contribution in [0.4, 0.5) is 0 Å². The molecule has 0 aromatic carbocycles. The van der Waals surface area contributed by atoms with Crippen molar-refractivity contribution in [2.45, 2.75) is 48.8 Å². The van der Waals surface area contributed by atoms with Crippen molar-refractivity contribution in [2.24, 2.45) is 11.7 Å². The predicted octanol–water partition coefficient (Wildman–Crippen LogP) is 0.995. The number of thioether (sulfide) groups is 1. The van der Waals surface area contributed by atoms with Gasteiger partial charge >= 0.3 is 0 Å². The van der Waals surface area contributed by atoms with Crippen molar-refractivity contribution in [3.05, 3.63) is 0 Å². The van der Waals surface area contributed by atoms with Crippen LogP contribution in [0, 0.1) is 5.92 Å². The number of aliphatic hydroxyl groups excluding tert-OH is 1. The van der Waals surface area contributed by atoms with Gasteiger partial charge in [-0.15, -0.1) is 11.8 Å². The van der Waals surface area contributed by atoms with Gasteiger partial charge in [-0.3, -0.25) is 0 Å². The normalized spacial score (nSPS) is 35.4. The molecule has 4 unspecified atom stereocenters. The molecule has 2 rings (SSSR count). The summed E-state index contributed by atoms with van der Waals surface area (Å²) in [7, 11) is 0. The highest BCUT2D eigenvalue weighted by molar-refractivity contribution is 8.00. The highest BCUT2D eigenvalue weighted by atomic mass is 32.2. The molecule has 2 fully saturated rings. The molecule has 4 atom stereocenters. The molecule has 3 N–H and O–H groups in total. The summed E-state index contributed by atoms with van der Waals surface area (Å²) in [6.45, 7) is 3.17. The van der Waals surface area contributed by atoms with Gasteiger partial charge < -0.3 is 15.6 Å². The summed E-state index contributed by atoms with van der Waals surface area (Å²) in [6.07, 6.45) is 3.90. The number of hydrogen-bond acceptors (Lipinski definition) is 4. The Hall–Kier alpha value is 0.230. The molecular weight excluding hydrogens is 210 g/mol. The molecule has 0 aromatic rings. The maximum atomic E-state index is 9.38. The minimum Gasteiger partial charge on any atom is -0.395 e. The summed E-state index contributed by atoms with van der Waals surface area (Å²) < 4.78 is 5.52. The lowest BCUT2D eigenvalue weighted by molar-refractivity contribution is 0.127. The SMILES string of the molecule is CC1OCCC1SC(CO)C(N)C1CC1. The zero-order valence-corrected chi connectivity index (χ0v) is 10.1. The van der Waals surface area contributed by atoms with Gasteiger partial charge in [0.15, 0.2) is 0 Å². The maximum absolute atomic E-state index is 9.38. The van der Waals surface area contributed by atoms with Crippen LogP contribution in [-0.2, 0) is 4.74 Å². The monoisotopic (exact) mass is 231 g/mol. The minimum absolute atomic E-state index is 0.174. The Balaban J connectivity index is 1.83. The first-order valence-corrected chi connectivity index (χ1v) is 6.80. The fourth-order valence-electron chi connectivity index (χ4n) is 2.16. The maximum Gasteiger partial charge on any atom is 0.0666 e. The highest BCUT2D eigenvalue weighted by Crippen LogP contribution is 2.38. The summed E-state index contributed by atoms with van der Waals surface area (Å²) in [4.78, 5) is 0. The van der Waals surface area contributed by atoms with Gasteiger partial charge in [-0.2, -0.15) is 0 Å².